The van der Waals surface area contributed by atoms with Crippen LogP contribution in [-0.2, 0) is 37.3 Å². The zero-order chi connectivity index (χ0) is 51.6. The molecule has 0 aliphatic rings. The van der Waals surface area contributed by atoms with Gasteiger partial charge < -0.3 is 19.7 Å². The first kappa shape index (κ1) is 63.1. The molecule has 6 heteroatoms. The maximum atomic E-state index is 15.0. The molecule has 0 heterocycles. The predicted octanol–water partition coefficient (Wildman–Crippen LogP) is 19.3. The van der Waals surface area contributed by atoms with E-state index in [2.05, 4.69) is 62.3 Å². The van der Waals surface area contributed by atoms with Crippen molar-refractivity contribution in [3.8, 4) is 11.5 Å². The molecule has 6 nitrogen and oxygen atoms in total. The van der Waals surface area contributed by atoms with Gasteiger partial charge in [0.1, 0.15) is 11.5 Å². The van der Waals surface area contributed by atoms with Crippen LogP contribution in [0.15, 0.2) is 24.3 Å². The molecule has 70 heavy (non-hydrogen) atoms. The van der Waals surface area contributed by atoms with E-state index in [-0.39, 0.29) is 54.8 Å². The number of aromatic hydroxyl groups is 2. The number of phenols is 2. The van der Waals surface area contributed by atoms with Gasteiger partial charge in [-0.05, 0) is 83.2 Å². The van der Waals surface area contributed by atoms with Crippen molar-refractivity contribution in [2.24, 2.45) is 5.41 Å². The highest BCUT2D eigenvalue weighted by molar-refractivity contribution is 6.01. The maximum absolute atomic E-state index is 15.0. The van der Waals surface area contributed by atoms with Crippen molar-refractivity contribution in [1.82, 2.24) is 0 Å². The first-order chi connectivity index (χ1) is 33.6. The van der Waals surface area contributed by atoms with Crippen LogP contribution in [0, 0.1) is 12.3 Å². The van der Waals surface area contributed by atoms with Gasteiger partial charge in [-0.15, -0.1) is 0 Å². The van der Waals surface area contributed by atoms with Crippen molar-refractivity contribution < 1.29 is 29.3 Å². The highest BCUT2D eigenvalue weighted by Gasteiger charge is 2.50. The molecule has 2 N–H and O–H groups in total. The summed E-state index contributed by atoms with van der Waals surface area (Å²) in [6.45, 7) is 21.4. The lowest BCUT2D eigenvalue weighted by atomic mass is 9.74. The van der Waals surface area contributed by atoms with Crippen LogP contribution in [0.4, 0.5) is 0 Å². The van der Waals surface area contributed by atoms with Crippen LogP contribution in [0.3, 0.4) is 0 Å². The highest BCUT2D eigenvalue weighted by atomic mass is 16.6. The summed E-state index contributed by atoms with van der Waals surface area (Å²) in [4.78, 5) is 29.9. The van der Waals surface area contributed by atoms with Crippen molar-refractivity contribution in [3.63, 3.8) is 0 Å². The monoisotopic (exact) mass is 975 g/mol. The minimum absolute atomic E-state index is 0.0321. The van der Waals surface area contributed by atoms with Crippen molar-refractivity contribution in [1.29, 1.82) is 0 Å². The molecule has 0 bridgehead atoms. The summed E-state index contributed by atoms with van der Waals surface area (Å²) >= 11 is 0. The topological polar surface area (TPSA) is 93.1 Å². The Labute approximate surface area is 432 Å². The lowest BCUT2D eigenvalue weighted by Crippen LogP contribution is -2.46. The summed E-state index contributed by atoms with van der Waals surface area (Å²) in [5.74, 6) is -0.534. The number of benzene rings is 2. The smallest absolute Gasteiger partial charge is 0.324 e. The average molecular weight is 976 g/mol. The maximum Gasteiger partial charge on any atom is 0.324 e. The summed E-state index contributed by atoms with van der Waals surface area (Å²) in [5.41, 5.74) is 2.61. The van der Waals surface area contributed by atoms with Crippen LogP contribution in [0.2, 0.25) is 0 Å². The van der Waals surface area contributed by atoms with E-state index in [0.717, 1.165) is 66.3 Å². The molecule has 0 atom stereocenters. The van der Waals surface area contributed by atoms with Crippen LogP contribution in [0.1, 0.15) is 313 Å². The molecule has 0 aromatic heterocycles. The number of ether oxygens (including phenoxy) is 2. The minimum atomic E-state index is -1.68. The summed E-state index contributed by atoms with van der Waals surface area (Å²) in [6, 6.07) is 7.80. The first-order valence-electron chi connectivity index (χ1n) is 29.6. The molecular weight excluding hydrogens is 865 g/mol. The first-order valence-corrected chi connectivity index (χ1v) is 29.6. The number of esters is 2. The predicted molar refractivity (Wildman–Crippen MR) is 299 cm³/mol. The number of hydrogen-bond acceptors (Lipinski definition) is 6. The van der Waals surface area contributed by atoms with Gasteiger partial charge in [-0.3, -0.25) is 9.59 Å². The van der Waals surface area contributed by atoms with Gasteiger partial charge in [0, 0.05) is 0 Å². The molecule has 0 radical (unpaired) electrons. The molecule has 2 rings (SSSR count). The number of unbranched alkanes of at least 4 members (excludes halogenated alkanes) is 30. The quantitative estimate of drug-likeness (QED) is 0.0391. The van der Waals surface area contributed by atoms with E-state index in [1.54, 1.807) is 0 Å². The Kier molecular flexibility index (Phi) is 33.2. The van der Waals surface area contributed by atoms with Gasteiger partial charge in [0.05, 0.1) is 13.2 Å². The van der Waals surface area contributed by atoms with E-state index in [9.17, 15) is 19.8 Å². The third-order valence-corrected chi connectivity index (χ3v) is 14.9. The Hall–Kier alpha value is -3.02. The van der Waals surface area contributed by atoms with E-state index >= 15 is 0 Å². The second-order valence-corrected chi connectivity index (χ2v) is 23.3. The van der Waals surface area contributed by atoms with Gasteiger partial charge >= 0.3 is 11.9 Å². The van der Waals surface area contributed by atoms with Gasteiger partial charge in [0.2, 0.25) is 0 Å². The van der Waals surface area contributed by atoms with E-state index < -0.39 is 17.4 Å². The van der Waals surface area contributed by atoms with Crippen molar-refractivity contribution in [2.75, 3.05) is 13.2 Å². The van der Waals surface area contributed by atoms with E-state index in [0.29, 0.717) is 5.56 Å². The molecule has 0 saturated heterocycles. The Morgan fingerprint density at radius 2 is 0.729 bits per heavy atom. The SMILES string of the molecule is CCCCCCCCCCCCCCCCCCOC(=O)C(Cc1cc(C(C)C)c(O)c(C(C)C)c1)(Cc1cc(C)c(O)c(C(C)(C)C)c1)C(=O)OCCCCCCCCCCCCCCCCCC. The molecular formula is C64H110O6. The van der Waals surface area contributed by atoms with Crippen LogP contribution >= 0.6 is 0 Å². The average Bonchev–Trinajstić information content (AvgIpc) is 3.31. The van der Waals surface area contributed by atoms with Crippen LogP contribution in [0.5, 0.6) is 11.5 Å². The minimum Gasteiger partial charge on any atom is -0.507 e. The fraction of sp³-hybridized carbons (Fsp3) is 0.781. The van der Waals surface area contributed by atoms with Crippen LogP contribution in [0.25, 0.3) is 0 Å². The fourth-order valence-corrected chi connectivity index (χ4v) is 10.3. The largest absolute Gasteiger partial charge is 0.507 e. The molecule has 0 saturated carbocycles. The summed E-state index contributed by atoms with van der Waals surface area (Å²) in [5, 5.41) is 22.6. The Morgan fingerprint density at radius 3 is 1.01 bits per heavy atom. The zero-order valence-electron chi connectivity index (χ0n) is 47.4. The number of phenolic OH excluding ortho intramolecular Hbond substituents is 2. The molecule has 0 amide bonds. The summed E-state index contributed by atoms with van der Waals surface area (Å²) < 4.78 is 12.4. The van der Waals surface area contributed by atoms with E-state index in [1.807, 2.05) is 31.2 Å². The summed E-state index contributed by atoms with van der Waals surface area (Å²) in [7, 11) is 0. The Bertz CT molecular complexity index is 1600. The third-order valence-electron chi connectivity index (χ3n) is 14.9. The van der Waals surface area contributed by atoms with Gasteiger partial charge in [-0.2, -0.15) is 0 Å². The standard InChI is InChI=1S/C64H110O6/c1-11-13-15-17-19-21-23-25-27-29-31-33-35-37-39-41-43-69-61(67)64(49-54-45-53(7)59(65)58(48-54)63(8,9)10,50-55-46-56(51(3)4)60(66)57(47-55)52(5)6)62(68)70-44-42-40-38-36-34-32-30-28-26-24-22-20-18-16-14-12-2/h45-48,51-52,65-66H,11-44,49-50H2,1-10H3. The van der Waals surface area contributed by atoms with Gasteiger partial charge in [-0.1, -0.05) is 279 Å². The molecule has 0 fully saturated rings. The molecule has 0 unspecified atom stereocenters. The van der Waals surface area contributed by atoms with Crippen LogP contribution < -0.4 is 0 Å². The molecule has 2 aromatic carbocycles. The molecule has 0 aliphatic carbocycles. The second kappa shape index (κ2) is 36.8. The third kappa shape index (κ3) is 25.1. The van der Waals surface area contributed by atoms with Gasteiger partial charge in [-0.25, -0.2) is 0 Å². The Balaban J connectivity index is 2.18. The van der Waals surface area contributed by atoms with Gasteiger partial charge in [0.15, 0.2) is 5.41 Å². The van der Waals surface area contributed by atoms with Crippen LogP contribution in [-0.4, -0.2) is 35.4 Å². The molecule has 0 aliphatic heterocycles. The number of aryl methyl sites for hydroxylation is 1. The van der Waals surface area contributed by atoms with E-state index in [1.165, 1.54) is 167 Å². The molecule has 0 spiro atoms. The highest BCUT2D eigenvalue weighted by Crippen LogP contribution is 2.41. The van der Waals surface area contributed by atoms with Gasteiger partial charge in [0.25, 0.3) is 0 Å². The lowest BCUT2D eigenvalue weighted by Gasteiger charge is -2.31. The van der Waals surface area contributed by atoms with Crippen molar-refractivity contribution in [3.05, 3.63) is 57.6 Å². The van der Waals surface area contributed by atoms with E-state index in [4.69, 9.17) is 9.47 Å². The lowest BCUT2D eigenvalue weighted by molar-refractivity contribution is -0.173. The normalized spacial score (nSPS) is 12.1. The number of carbonyl (C=O) groups excluding carboxylic acids is 2. The second-order valence-electron chi connectivity index (χ2n) is 23.3. The molecule has 402 valence electrons. The van der Waals surface area contributed by atoms with Crippen molar-refractivity contribution >= 4 is 11.9 Å². The fourth-order valence-electron chi connectivity index (χ4n) is 10.3. The zero-order valence-corrected chi connectivity index (χ0v) is 47.4. The number of carbonyl (C=O) groups is 2. The Morgan fingerprint density at radius 1 is 0.443 bits per heavy atom. The number of rotatable bonds is 42. The summed E-state index contributed by atoms with van der Waals surface area (Å²) in [6.07, 6.45) is 40.6. The molecule has 2 aromatic rings. The number of hydrogen-bond donors (Lipinski definition) is 2. The van der Waals surface area contributed by atoms with Crippen molar-refractivity contribution in [2.45, 2.75) is 305 Å².